The monoisotopic (exact) mass is 237 g/mol. The van der Waals surface area contributed by atoms with Crippen LogP contribution in [0.15, 0.2) is 24.4 Å². The Labute approximate surface area is 94.3 Å². The number of amides is 1. The number of benzene rings is 1. The Bertz CT molecular complexity index is 492. The van der Waals surface area contributed by atoms with Crippen LogP contribution >= 0.6 is 11.5 Å². The lowest BCUT2D eigenvalue weighted by atomic mass is 10.1. The predicted molar refractivity (Wildman–Crippen MR) is 57.6 cm³/mol. The number of hydrogen-bond acceptors (Lipinski definition) is 6. The van der Waals surface area contributed by atoms with Gasteiger partial charge in [0.05, 0.1) is 6.20 Å². The highest BCUT2D eigenvalue weighted by Crippen LogP contribution is 2.27. The molecule has 0 spiro atoms. The van der Waals surface area contributed by atoms with Gasteiger partial charge in [0.2, 0.25) is 0 Å². The Morgan fingerprint density at radius 1 is 1.31 bits per heavy atom. The Hall–Kier alpha value is -2.15. The molecule has 2 aromatic rings. The molecule has 2 rings (SSSR count). The van der Waals surface area contributed by atoms with E-state index in [2.05, 4.69) is 14.9 Å². The van der Waals surface area contributed by atoms with Crippen molar-refractivity contribution < 1.29 is 15.0 Å². The van der Waals surface area contributed by atoms with Crippen molar-refractivity contribution in [3.8, 4) is 11.5 Å². The summed E-state index contributed by atoms with van der Waals surface area (Å²) in [4.78, 5) is 11.7. The first-order valence-electron chi connectivity index (χ1n) is 4.28. The van der Waals surface area contributed by atoms with E-state index in [4.69, 9.17) is 0 Å². The normalized spacial score (nSPS) is 10.0. The van der Waals surface area contributed by atoms with Crippen LogP contribution in [0.4, 0.5) is 5.00 Å². The maximum absolute atomic E-state index is 11.7. The van der Waals surface area contributed by atoms with Gasteiger partial charge < -0.3 is 15.5 Å². The van der Waals surface area contributed by atoms with Gasteiger partial charge in [-0.25, -0.2) is 0 Å². The van der Waals surface area contributed by atoms with E-state index in [1.54, 1.807) is 0 Å². The zero-order chi connectivity index (χ0) is 11.5. The zero-order valence-electron chi connectivity index (χ0n) is 7.91. The molecular formula is C9H7N3O3S. The fraction of sp³-hybridized carbons (Fsp3) is 0. The van der Waals surface area contributed by atoms with Gasteiger partial charge in [-0.15, -0.1) is 5.10 Å². The number of hydrogen-bond donors (Lipinski definition) is 3. The van der Waals surface area contributed by atoms with Gasteiger partial charge in [0.1, 0.15) is 22.1 Å². The van der Waals surface area contributed by atoms with E-state index in [1.807, 2.05) is 0 Å². The third kappa shape index (κ3) is 1.94. The van der Waals surface area contributed by atoms with Gasteiger partial charge in [-0.3, -0.25) is 4.79 Å². The summed E-state index contributed by atoms with van der Waals surface area (Å²) >= 11 is 1.00. The molecule has 7 heteroatoms. The molecule has 1 aromatic carbocycles. The molecule has 0 saturated carbocycles. The molecule has 3 N–H and O–H groups in total. The summed E-state index contributed by atoms with van der Waals surface area (Å²) in [6.45, 7) is 0. The van der Waals surface area contributed by atoms with Gasteiger partial charge in [0.15, 0.2) is 0 Å². The van der Waals surface area contributed by atoms with Crippen molar-refractivity contribution >= 4 is 22.4 Å². The molecule has 0 aliphatic heterocycles. The second-order valence-electron chi connectivity index (χ2n) is 2.91. The maximum atomic E-state index is 11.7. The molecule has 0 aliphatic rings. The van der Waals surface area contributed by atoms with E-state index in [0.717, 1.165) is 11.5 Å². The van der Waals surface area contributed by atoms with E-state index in [-0.39, 0.29) is 17.1 Å². The minimum atomic E-state index is -0.610. The average Bonchev–Trinajstić information content (AvgIpc) is 2.70. The number of aromatic nitrogens is 2. The number of nitrogens with zero attached hydrogens (tertiary/aromatic N) is 2. The SMILES string of the molecule is O=C(Nc1cnns1)c1c(O)cccc1O. The molecule has 0 fully saturated rings. The molecule has 0 aliphatic carbocycles. The Kier molecular flexibility index (Phi) is 2.69. The van der Waals surface area contributed by atoms with E-state index in [1.165, 1.54) is 24.4 Å². The van der Waals surface area contributed by atoms with Crippen LogP contribution < -0.4 is 5.32 Å². The molecule has 1 heterocycles. The lowest BCUT2D eigenvalue weighted by Crippen LogP contribution is -2.11. The molecule has 0 unspecified atom stereocenters. The smallest absolute Gasteiger partial charge is 0.263 e. The van der Waals surface area contributed by atoms with Gasteiger partial charge in [-0.2, -0.15) is 0 Å². The summed E-state index contributed by atoms with van der Waals surface area (Å²) < 4.78 is 3.57. The van der Waals surface area contributed by atoms with Gasteiger partial charge in [-0.1, -0.05) is 10.6 Å². The van der Waals surface area contributed by atoms with E-state index < -0.39 is 5.91 Å². The molecule has 1 amide bonds. The van der Waals surface area contributed by atoms with Crippen molar-refractivity contribution in [2.45, 2.75) is 0 Å². The molecule has 0 radical (unpaired) electrons. The van der Waals surface area contributed by atoms with Crippen LogP contribution in [0.5, 0.6) is 11.5 Å². The van der Waals surface area contributed by atoms with Gasteiger partial charge >= 0.3 is 0 Å². The first-order chi connectivity index (χ1) is 7.68. The van der Waals surface area contributed by atoms with Gasteiger partial charge in [0.25, 0.3) is 5.91 Å². The Morgan fingerprint density at radius 3 is 2.56 bits per heavy atom. The summed E-state index contributed by atoms with van der Waals surface area (Å²) in [6.07, 6.45) is 1.37. The molecule has 16 heavy (non-hydrogen) atoms. The van der Waals surface area contributed by atoms with Crippen molar-refractivity contribution in [2.24, 2.45) is 0 Å². The number of nitrogens with one attached hydrogen (secondary N) is 1. The van der Waals surface area contributed by atoms with Gasteiger partial charge in [0, 0.05) is 11.5 Å². The lowest BCUT2D eigenvalue weighted by molar-refractivity contribution is 0.102. The molecule has 0 bridgehead atoms. The second kappa shape index (κ2) is 4.15. The molecule has 82 valence electrons. The lowest BCUT2D eigenvalue weighted by Gasteiger charge is -2.05. The van der Waals surface area contributed by atoms with E-state index >= 15 is 0 Å². The number of aromatic hydroxyl groups is 2. The number of carbonyl (C=O) groups excluding carboxylic acids is 1. The number of carbonyl (C=O) groups is 1. The number of anilines is 1. The van der Waals surface area contributed by atoms with Crippen molar-refractivity contribution in [3.05, 3.63) is 30.0 Å². The Morgan fingerprint density at radius 2 is 2.00 bits per heavy atom. The standard InChI is InChI=1S/C9H7N3O3S/c13-5-2-1-3-6(14)8(5)9(15)11-7-4-10-12-16-7/h1-4,13-14H,(H,11,15). The fourth-order valence-corrected chi connectivity index (χ4v) is 1.57. The zero-order valence-corrected chi connectivity index (χ0v) is 8.73. The van der Waals surface area contributed by atoms with Crippen LogP contribution in [0.2, 0.25) is 0 Å². The van der Waals surface area contributed by atoms with Gasteiger partial charge in [-0.05, 0) is 12.1 Å². The highest BCUT2D eigenvalue weighted by Gasteiger charge is 2.16. The van der Waals surface area contributed by atoms with Crippen molar-refractivity contribution in [1.29, 1.82) is 0 Å². The fourth-order valence-electron chi connectivity index (χ4n) is 1.16. The summed E-state index contributed by atoms with van der Waals surface area (Å²) in [6, 6.07) is 4.08. The average molecular weight is 237 g/mol. The molecular weight excluding hydrogens is 230 g/mol. The topological polar surface area (TPSA) is 95.3 Å². The summed E-state index contributed by atoms with van der Waals surface area (Å²) in [5.74, 6) is -1.17. The molecule has 0 saturated heterocycles. The minimum Gasteiger partial charge on any atom is -0.507 e. The molecule has 0 atom stereocenters. The number of phenols is 2. The predicted octanol–water partition coefficient (Wildman–Crippen LogP) is 1.20. The van der Waals surface area contributed by atoms with Crippen LogP contribution in [0.3, 0.4) is 0 Å². The largest absolute Gasteiger partial charge is 0.507 e. The number of phenolic OH excluding ortho intramolecular Hbond substituents is 2. The number of rotatable bonds is 2. The van der Waals surface area contributed by atoms with E-state index in [0.29, 0.717) is 5.00 Å². The van der Waals surface area contributed by atoms with Crippen molar-refractivity contribution in [1.82, 2.24) is 9.59 Å². The highest BCUT2D eigenvalue weighted by atomic mass is 32.1. The van der Waals surface area contributed by atoms with Crippen molar-refractivity contribution in [3.63, 3.8) is 0 Å². The summed E-state index contributed by atoms with van der Waals surface area (Å²) in [5, 5.41) is 25.3. The third-order valence-corrected chi connectivity index (χ3v) is 2.43. The maximum Gasteiger partial charge on any atom is 0.263 e. The van der Waals surface area contributed by atoms with Crippen molar-refractivity contribution in [2.75, 3.05) is 5.32 Å². The van der Waals surface area contributed by atoms with Crippen LogP contribution in [0, 0.1) is 0 Å². The molecule has 6 nitrogen and oxygen atoms in total. The van der Waals surface area contributed by atoms with Crippen LogP contribution in [0.1, 0.15) is 10.4 Å². The minimum absolute atomic E-state index is 0.170. The van der Waals surface area contributed by atoms with Crippen LogP contribution in [0.25, 0.3) is 0 Å². The first-order valence-corrected chi connectivity index (χ1v) is 5.05. The third-order valence-electron chi connectivity index (χ3n) is 1.85. The first kappa shape index (κ1) is 10.4. The molecule has 1 aromatic heterocycles. The van der Waals surface area contributed by atoms with Crippen LogP contribution in [-0.4, -0.2) is 25.7 Å². The van der Waals surface area contributed by atoms with E-state index in [9.17, 15) is 15.0 Å². The Balaban J connectivity index is 2.28. The second-order valence-corrected chi connectivity index (χ2v) is 3.69. The quantitative estimate of drug-likeness (QED) is 0.729. The summed E-state index contributed by atoms with van der Waals surface area (Å²) in [7, 11) is 0. The van der Waals surface area contributed by atoms with Crippen LogP contribution in [-0.2, 0) is 0 Å². The summed E-state index contributed by atoms with van der Waals surface area (Å²) in [5.41, 5.74) is -0.170. The highest BCUT2D eigenvalue weighted by molar-refractivity contribution is 7.10.